The Hall–Kier alpha value is -0.720. The molecule has 0 aliphatic heterocycles. The zero-order valence-corrected chi connectivity index (χ0v) is 15.9. The summed E-state index contributed by atoms with van der Waals surface area (Å²) in [4.78, 5) is 0.925. The Morgan fingerprint density at radius 3 is 2.74 bits per heavy atom. The molecular weight excluding hydrogens is 449 g/mol. The lowest BCUT2D eigenvalue weighted by Gasteiger charge is -2.27. The Morgan fingerprint density at radius 1 is 1.22 bits per heavy atom. The molecule has 1 heterocycles. The van der Waals surface area contributed by atoms with Gasteiger partial charge in [-0.05, 0) is 28.7 Å². The minimum Gasteiger partial charge on any atom is -0.209 e. The summed E-state index contributed by atoms with van der Waals surface area (Å²) in [6.07, 6.45) is 0.125. The fourth-order valence-corrected chi connectivity index (χ4v) is 6.21. The zero-order chi connectivity index (χ0) is 16.3. The number of benzene rings is 1. The summed E-state index contributed by atoms with van der Waals surface area (Å²) in [5.41, 5.74) is 4.30. The summed E-state index contributed by atoms with van der Waals surface area (Å²) in [5.74, 6) is -1.41. The molecule has 23 heavy (non-hydrogen) atoms. The Labute approximate surface area is 156 Å². The molecule has 0 bridgehead atoms. The zero-order valence-electron chi connectivity index (χ0n) is 12.2. The van der Waals surface area contributed by atoms with E-state index in [9.17, 15) is 8.78 Å². The van der Waals surface area contributed by atoms with E-state index in [1.54, 1.807) is 6.07 Å². The van der Waals surface area contributed by atoms with Gasteiger partial charge in [-0.3, -0.25) is 0 Å². The van der Waals surface area contributed by atoms with Crippen LogP contribution in [0.2, 0.25) is 4.34 Å². The molecule has 0 nitrogen and oxygen atoms in total. The third-order valence-corrected chi connectivity index (χ3v) is 7.12. The van der Waals surface area contributed by atoms with Crippen molar-refractivity contribution in [3.05, 3.63) is 63.0 Å². The SMILES string of the molecule is CC1CC(F)=C(F)C2=C1C(I)c1ccccc1-c1sc(Cl)cc12. The van der Waals surface area contributed by atoms with Gasteiger partial charge in [0.15, 0.2) is 5.83 Å². The largest absolute Gasteiger partial charge is 0.209 e. The maximum Gasteiger partial charge on any atom is 0.162 e. The van der Waals surface area contributed by atoms with Gasteiger partial charge in [0, 0.05) is 22.4 Å². The third-order valence-electron chi connectivity index (χ3n) is 4.49. The van der Waals surface area contributed by atoms with Crippen LogP contribution < -0.4 is 0 Å². The molecule has 1 aromatic carbocycles. The second kappa shape index (κ2) is 5.67. The standard InChI is InChI=1S/C18H12ClF2IS/c1-8-6-12(20)16(21)15-11-7-13(19)23-18(11)10-5-3-2-4-9(10)17(22)14(8)15/h2-5,7-8,17H,6H2,1H3. The van der Waals surface area contributed by atoms with Gasteiger partial charge in [-0.1, -0.05) is 65.4 Å². The molecule has 2 aromatic rings. The van der Waals surface area contributed by atoms with Crippen molar-refractivity contribution in [1.82, 2.24) is 0 Å². The summed E-state index contributed by atoms with van der Waals surface area (Å²) >= 11 is 9.99. The number of halogens is 4. The van der Waals surface area contributed by atoms with Crippen LogP contribution in [0, 0.1) is 5.92 Å². The lowest BCUT2D eigenvalue weighted by molar-refractivity contribution is 0.471. The number of rotatable bonds is 0. The van der Waals surface area contributed by atoms with Gasteiger partial charge in [0.05, 0.1) is 8.26 Å². The second-order valence-corrected chi connectivity index (χ2v) is 8.83. The maximum absolute atomic E-state index is 14.8. The second-order valence-electron chi connectivity index (χ2n) is 5.90. The van der Waals surface area contributed by atoms with Gasteiger partial charge in [-0.15, -0.1) is 11.3 Å². The first-order chi connectivity index (χ1) is 11.0. The van der Waals surface area contributed by atoms with E-state index in [0.29, 0.717) is 9.91 Å². The normalized spacial score (nSPS) is 23.3. The monoisotopic (exact) mass is 460 g/mol. The highest BCUT2D eigenvalue weighted by Gasteiger charge is 2.37. The van der Waals surface area contributed by atoms with Crippen LogP contribution >= 0.6 is 45.5 Å². The Balaban J connectivity index is 2.13. The Bertz CT molecular complexity index is 881. The van der Waals surface area contributed by atoms with Crippen LogP contribution in [0.5, 0.6) is 0 Å². The number of hydrogen-bond acceptors (Lipinski definition) is 1. The number of hydrogen-bond donors (Lipinski definition) is 0. The van der Waals surface area contributed by atoms with Crippen LogP contribution in [0.4, 0.5) is 8.78 Å². The van der Waals surface area contributed by atoms with E-state index in [1.807, 2.05) is 25.1 Å². The van der Waals surface area contributed by atoms with Gasteiger partial charge in [0.25, 0.3) is 0 Å². The summed E-state index contributed by atoms with van der Waals surface area (Å²) in [6.45, 7) is 1.97. The number of thiophene rings is 1. The smallest absolute Gasteiger partial charge is 0.162 e. The summed E-state index contributed by atoms with van der Waals surface area (Å²) in [7, 11) is 0. The van der Waals surface area contributed by atoms with Crippen molar-refractivity contribution in [2.45, 2.75) is 17.3 Å². The van der Waals surface area contributed by atoms with Gasteiger partial charge in [-0.2, -0.15) is 0 Å². The van der Waals surface area contributed by atoms with Gasteiger partial charge >= 0.3 is 0 Å². The molecule has 0 N–H and O–H groups in total. The van der Waals surface area contributed by atoms with Crippen molar-refractivity contribution in [3.8, 4) is 10.4 Å². The molecule has 2 unspecified atom stereocenters. The third kappa shape index (κ3) is 2.33. The van der Waals surface area contributed by atoms with Crippen LogP contribution in [0.25, 0.3) is 16.0 Å². The van der Waals surface area contributed by atoms with Gasteiger partial charge < -0.3 is 0 Å². The summed E-state index contributed by atoms with van der Waals surface area (Å²) in [6, 6.07) is 9.84. The van der Waals surface area contributed by atoms with E-state index < -0.39 is 11.7 Å². The maximum atomic E-state index is 14.8. The van der Waals surface area contributed by atoms with E-state index >= 15 is 0 Å². The van der Waals surface area contributed by atoms with Crippen molar-refractivity contribution >= 4 is 51.1 Å². The lowest BCUT2D eigenvalue weighted by Crippen LogP contribution is -2.13. The predicted molar refractivity (Wildman–Crippen MR) is 101 cm³/mol. The van der Waals surface area contributed by atoms with Crippen molar-refractivity contribution in [1.29, 1.82) is 0 Å². The quantitative estimate of drug-likeness (QED) is 0.282. The van der Waals surface area contributed by atoms with Crippen LogP contribution in [-0.2, 0) is 0 Å². The number of fused-ring (bicyclic) bond motifs is 4. The van der Waals surface area contributed by atoms with E-state index in [0.717, 1.165) is 27.1 Å². The van der Waals surface area contributed by atoms with Crippen molar-refractivity contribution in [2.24, 2.45) is 5.92 Å². The molecule has 0 saturated carbocycles. The average molecular weight is 461 g/mol. The van der Waals surface area contributed by atoms with Gasteiger partial charge in [-0.25, -0.2) is 8.78 Å². The highest BCUT2D eigenvalue weighted by atomic mass is 127. The van der Waals surface area contributed by atoms with E-state index in [1.165, 1.54) is 11.3 Å². The molecule has 0 spiro atoms. The highest BCUT2D eigenvalue weighted by Crippen LogP contribution is 2.56. The fraction of sp³-hybridized carbons (Fsp3) is 0.222. The first-order valence-electron chi connectivity index (χ1n) is 7.30. The number of alkyl halides is 1. The molecule has 0 amide bonds. The topological polar surface area (TPSA) is 0 Å². The first-order valence-corrected chi connectivity index (χ1v) is 9.74. The molecule has 2 aliphatic rings. The summed E-state index contributed by atoms with van der Waals surface area (Å²) in [5, 5.41) is 0. The van der Waals surface area contributed by atoms with Crippen LogP contribution in [0.3, 0.4) is 0 Å². The molecule has 2 atom stereocenters. The minimum atomic E-state index is -0.719. The average Bonchev–Trinajstić information content (AvgIpc) is 2.87. The van der Waals surface area contributed by atoms with E-state index in [4.69, 9.17) is 11.6 Å². The van der Waals surface area contributed by atoms with Gasteiger partial charge in [0.2, 0.25) is 0 Å². The van der Waals surface area contributed by atoms with Crippen LogP contribution in [0.1, 0.15) is 28.4 Å². The predicted octanol–water partition coefficient (Wildman–Crippen LogP) is 7.50. The molecule has 1 aromatic heterocycles. The van der Waals surface area contributed by atoms with Crippen LogP contribution in [0.15, 0.2) is 47.6 Å². The molecule has 0 radical (unpaired) electrons. The Morgan fingerprint density at radius 2 is 1.96 bits per heavy atom. The van der Waals surface area contributed by atoms with Crippen molar-refractivity contribution in [3.63, 3.8) is 0 Å². The molecule has 0 saturated heterocycles. The van der Waals surface area contributed by atoms with E-state index in [-0.39, 0.29) is 16.3 Å². The lowest BCUT2D eigenvalue weighted by atomic mass is 9.82. The molecule has 118 valence electrons. The summed E-state index contributed by atoms with van der Waals surface area (Å²) < 4.78 is 29.5. The minimum absolute atomic E-state index is 0.0195. The highest BCUT2D eigenvalue weighted by molar-refractivity contribution is 14.1. The molecule has 4 rings (SSSR count). The number of allylic oxidation sites excluding steroid dienone is 4. The van der Waals surface area contributed by atoms with Crippen molar-refractivity contribution < 1.29 is 8.78 Å². The van der Waals surface area contributed by atoms with Crippen LogP contribution in [-0.4, -0.2) is 0 Å². The molecule has 5 heteroatoms. The van der Waals surface area contributed by atoms with E-state index in [2.05, 4.69) is 28.7 Å². The molecule has 0 fully saturated rings. The molecular formula is C18H12ClF2IS. The first kappa shape index (κ1) is 15.8. The van der Waals surface area contributed by atoms with Gasteiger partial charge in [0.1, 0.15) is 5.83 Å². The fourth-order valence-electron chi connectivity index (χ4n) is 3.47. The molecule has 2 aliphatic carbocycles. The Kier molecular flexibility index (Phi) is 3.89. The van der Waals surface area contributed by atoms with Crippen molar-refractivity contribution in [2.75, 3.05) is 0 Å².